The topological polar surface area (TPSA) is 45.2 Å². The Bertz CT molecular complexity index is 493. The maximum Gasteiger partial charge on any atom is 0.317 e. The molecule has 2 aliphatic carbocycles. The van der Waals surface area contributed by atoms with Crippen LogP contribution in [0.5, 0.6) is 0 Å². The van der Waals surface area contributed by atoms with Gasteiger partial charge in [0.2, 0.25) is 0 Å². The molecule has 1 heterocycles. The monoisotopic (exact) mass is 293 g/mol. The highest BCUT2D eigenvalue weighted by atomic mass is 32.1. The molecule has 3 rings (SSSR count). The Labute approximate surface area is 124 Å². The lowest BCUT2D eigenvalue weighted by Gasteiger charge is -2.27. The highest BCUT2D eigenvalue weighted by molar-refractivity contribution is 7.09. The van der Waals surface area contributed by atoms with Crippen LogP contribution in [-0.2, 0) is 0 Å². The third-order valence-corrected chi connectivity index (χ3v) is 5.56. The SMILES string of the molecule is Cc1csc([C@H](NC(=O)N(C)[C@@H](C)C2CC2)C2CC2)n1. The van der Waals surface area contributed by atoms with Crippen LogP contribution in [0.4, 0.5) is 4.79 Å². The first-order chi connectivity index (χ1) is 9.56. The van der Waals surface area contributed by atoms with Crippen molar-refractivity contribution in [2.75, 3.05) is 7.05 Å². The van der Waals surface area contributed by atoms with Gasteiger partial charge >= 0.3 is 6.03 Å². The third-order valence-electron chi connectivity index (χ3n) is 4.51. The summed E-state index contributed by atoms with van der Waals surface area (Å²) in [5.41, 5.74) is 1.05. The number of urea groups is 1. The molecule has 5 heteroatoms. The summed E-state index contributed by atoms with van der Waals surface area (Å²) in [5.74, 6) is 1.28. The smallest absolute Gasteiger partial charge is 0.317 e. The van der Waals surface area contributed by atoms with E-state index in [4.69, 9.17) is 0 Å². The summed E-state index contributed by atoms with van der Waals surface area (Å²) in [6.07, 6.45) is 4.92. The van der Waals surface area contributed by atoms with Gasteiger partial charge in [-0.3, -0.25) is 0 Å². The lowest BCUT2D eigenvalue weighted by molar-refractivity contribution is 0.182. The molecule has 0 spiro atoms. The molecule has 4 nitrogen and oxygen atoms in total. The van der Waals surface area contributed by atoms with Crippen molar-refractivity contribution in [1.82, 2.24) is 15.2 Å². The van der Waals surface area contributed by atoms with E-state index in [1.807, 2.05) is 18.9 Å². The van der Waals surface area contributed by atoms with Crippen LogP contribution in [0.15, 0.2) is 5.38 Å². The van der Waals surface area contributed by atoms with Gasteiger partial charge in [-0.1, -0.05) is 0 Å². The molecule has 0 bridgehead atoms. The Hall–Kier alpha value is -1.10. The molecule has 1 aromatic heterocycles. The fourth-order valence-corrected chi connectivity index (χ4v) is 3.58. The molecule has 0 saturated heterocycles. The Morgan fingerprint density at radius 1 is 1.40 bits per heavy atom. The van der Waals surface area contributed by atoms with Crippen molar-refractivity contribution in [2.24, 2.45) is 11.8 Å². The van der Waals surface area contributed by atoms with Crippen molar-refractivity contribution in [1.29, 1.82) is 0 Å². The molecule has 0 unspecified atom stereocenters. The molecular formula is C15H23N3OS. The van der Waals surface area contributed by atoms with E-state index >= 15 is 0 Å². The van der Waals surface area contributed by atoms with Crippen molar-refractivity contribution in [2.45, 2.75) is 51.6 Å². The number of amides is 2. The van der Waals surface area contributed by atoms with Crippen molar-refractivity contribution in [3.05, 3.63) is 16.1 Å². The molecule has 1 aromatic rings. The van der Waals surface area contributed by atoms with Crippen molar-refractivity contribution < 1.29 is 4.79 Å². The first-order valence-corrected chi connectivity index (χ1v) is 8.39. The Morgan fingerprint density at radius 2 is 2.05 bits per heavy atom. The zero-order valence-corrected chi connectivity index (χ0v) is 13.2. The molecule has 0 aliphatic heterocycles. The average molecular weight is 293 g/mol. The summed E-state index contributed by atoms with van der Waals surface area (Å²) in [6.45, 7) is 4.16. The Balaban J connectivity index is 1.65. The van der Waals surface area contributed by atoms with Crippen LogP contribution in [0.3, 0.4) is 0 Å². The van der Waals surface area contributed by atoms with Crippen LogP contribution < -0.4 is 5.32 Å². The molecule has 2 amide bonds. The number of thiazole rings is 1. The van der Waals surface area contributed by atoms with E-state index in [9.17, 15) is 4.79 Å². The van der Waals surface area contributed by atoms with Crippen molar-refractivity contribution >= 4 is 17.4 Å². The van der Waals surface area contributed by atoms with Gasteiger partial charge in [0.15, 0.2) is 0 Å². The summed E-state index contributed by atoms with van der Waals surface area (Å²) >= 11 is 1.66. The van der Waals surface area contributed by atoms with E-state index in [1.54, 1.807) is 11.3 Å². The fourth-order valence-electron chi connectivity index (χ4n) is 2.64. The van der Waals surface area contributed by atoms with Gasteiger partial charge in [-0.2, -0.15) is 0 Å². The van der Waals surface area contributed by atoms with Gasteiger partial charge in [-0.15, -0.1) is 11.3 Å². The maximum atomic E-state index is 12.4. The minimum atomic E-state index is 0.0501. The van der Waals surface area contributed by atoms with E-state index in [-0.39, 0.29) is 12.1 Å². The van der Waals surface area contributed by atoms with Crippen LogP contribution in [0.25, 0.3) is 0 Å². The molecule has 2 atom stereocenters. The predicted octanol–water partition coefficient (Wildman–Crippen LogP) is 3.34. The zero-order chi connectivity index (χ0) is 14.3. The largest absolute Gasteiger partial charge is 0.328 e. The molecule has 2 aliphatic rings. The van der Waals surface area contributed by atoms with Gasteiger partial charge in [-0.05, 0) is 51.4 Å². The number of rotatable bonds is 5. The zero-order valence-electron chi connectivity index (χ0n) is 12.4. The quantitative estimate of drug-likeness (QED) is 0.905. The summed E-state index contributed by atoms with van der Waals surface area (Å²) < 4.78 is 0. The molecule has 2 fully saturated rings. The lowest BCUT2D eigenvalue weighted by atomic mass is 10.2. The van der Waals surface area contributed by atoms with Gasteiger partial charge in [0.25, 0.3) is 0 Å². The summed E-state index contributed by atoms with van der Waals surface area (Å²) in [5, 5.41) is 6.33. The number of carbonyl (C=O) groups is 1. The number of aryl methyl sites for hydroxylation is 1. The van der Waals surface area contributed by atoms with Crippen molar-refractivity contribution in [3.8, 4) is 0 Å². The van der Waals surface area contributed by atoms with E-state index < -0.39 is 0 Å². The number of hydrogen-bond donors (Lipinski definition) is 1. The Kier molecular flexibility index (Phi) is 3.71. The fraction of sp³-hybridized carbons (Fsp3) is 0.733. The number of carbonyl (C=O) groups excluding carboxylic acids is 1. The van der Waals surface area contributed by atoms with E-state index in [0.717, 1.165) is 10.7 Å². The second-order valence-corrected chi connectivity index (χ2v) is 7.17. The summed E-state index contributed by atoms with van der Waals surface area (Å²) in [6, 6.07) is 0.497. The number of nitrogens with zero attached hydrogens (tertiary/aromatic N) is 2. The van der Waals surface area contributed by atoms with E-state index in [1.165, 1.54) is 25.7 Å². The van der Waals surface area contributed by atoms with Crippen molar-refractivity contribution in [3.63, 3.8) is 0 Å². The van der Waals surface area contributed by atoms with Crippen LogP contribution in [0, 0.1) is 18.8 Å². The lowest BCUT2D eigenvalue weighted by Crippen LogP contribution is -2.45. The first kappa shape index (κ1) is 13.9. The summed E-state index contributed by atoms with van der Waals surface area (Å²) in [7, 11) is 1.91. The summed E-state index contributed by atoms with van der Waals surface area (Å²) in [4.78, 5) is 18.9. The van der Waals surface area contributed by atoms with Crippen LogP contribution in [0.2, 0.25) is 0 Å². The molecule has 2 saturated carbocycles. The van der Waals surface area contributed by atoms with Gasteiger partial charge in [0.1, 0.15) is 5.01 Å². The standard InChI is InChI=1S/C15H23N3OS/c1-9-8-20-14(16-9)13(12-6-7-12)17-15(19)18(3)10(2)11-4-5-11/h8,10-13H,4-7H2,1-3H3,(H,17,19)/t10-,13+/m0/s1. The second kappa shape index (κ2) is 5.35. The predicted molar refractivity (Wildman–Crippen MR) is 80.8 cm³/mol. The number of hydrogen-bond acceptors (Lipinski definition) is 3. The van der Waals surface area contributed by atoms with E-state index in [0.29, 0.717) is 17.9 Å². The van der Waals surface area contributed by atoms with Gasteiger partial charge in [0.05, 0.1) is 6.04 Å². The maximum absolute atomic E-state index is 12.4. The Morgan fingerprint density at radius 3 is 2.55 bits per heavy atom. The molecule has 20 heavy (non-hydrogen) atoms. The average Bonchev–Trinajstić information content (AvgIpc) is 3.32. The van der Waals surface area contributed by atoms with Gasteiger partial charge < -0.3 is 10.2 Å². The number of aromatic nitrogens is 1. The van der Waals surface area contributed by atoms with Gasteiger partial charge in [0, 0.05) is 24.2 Å². The molecule has 0 aromatic carbocycles. The second-order valence-electron chi connectivity index (χ2n) is 6.28. The molecule has 1 N–H and O–H groups in total. The number of nitrogens with one attached hydrogen (secondary N) is 1. The third kappa shape index (κ3) is 2.97. The minimum Gasteiger partial charge on any atom is -0.328 e. The molecular weight excluding hydrogens is 270 g/mol. The van der Waals surface area contributed by atoms with Crippen LogP contribution in [0.1, 0.15) is 49.4 Å². The normalized spacial score (nSPS) is 21.4. The highest BCUT2D eigenvalue weighted by Gasteiger charge is 2.37. The van der Waals surface area contributed by atoms with Crippen LogP contribution >= 0.6 is 11.3 Å². The molecule has 0 radical (unpaired) electrons. The minimum absolute atomic E-state index is 0.0501. The van der Waals surface area contributed by atoms with Gasteiger partial charge in [-0.25, -0.2) is 9.78 Å². The molecule has 110 valence electrons. The van der Waals surface area contributed by atoms with E-state index in [2.05, 4.69) is 22.6 Å². The highest BCUT2D eigenvalue weighted by Crippen LogP contribution is 2.42. The first-order valence-electron chi connectivity index (χ1n) is 7.51. The van der Waals surface area contributed by atoms with Crippen LogP contribution in [-0.4, -0.2) is 29.0 Å².